The van der Waals surface area contributed by atoms with Crippen LogP contribution < -0.4 is 31.0 Å². The van der Waals surface area contributed by atoms with Crippen LogP contribution in [0.3, 0.4) is 0 Å². The van der Waals surface area contributed by atoms with Gasteiger partial charge in [0.25, 0.3) is 0 Å². The Morgan fingerprint density at radius 3 is 2.25 bits per heavy atom. The van der Waals surface area contributed by atoms with Gasteiger partial charge in [-0.3, -0.25) is 10.9 Å². The summed E-state index contributed by atoms with van der Waals surface area (Å²) in [6.45, 7) is 4.80. The minimum atomic E-state index is 0.437. The molecule has 28 heavy (non-hydrogen) atoms. The Kier molecular flexibility index (Phi) is 8.28. The molecule has 0 bridgehead atoms. The number of aryl methyl sites for hydroxylation is 2. The van der Waals surface area contributed by atoms with Crippen molar-refractivity contribution in [2.75, 3.05) is 26.1 Å². The molecule has 8 heteroatoms. The first-order chi connectivity index (χ1) is 13.4. The Balaban J connectivity index is 1.72. The molecule has 0 aromatic heterocycles. The highest BCUT2D eigenvalue weighted by atomic mass is 32.1. The lowest BCUT2D eigenvalue weighted by Gasteiger charge is -2.15. The first kappa shape index (κ1) is 21.7. The summed E-state index contributed by atoms with van der Waals surface area (Å²) in [7, 11) is 3.24. The smallest absolute Gasteiger partial charge is 0.189 e. The molecule has 0 aliphatic rings. The molecule has 2 aromatic rings. The molecule has 0 atom stereocenters. The normalized spacial score (nSPS) is 10.0. The van der Waals surface area contributed by atoms with E-state index in [1.54, 1.807) is 14.2 Å². The molecule has 0 unspecified atom stereocenters. The van der Waals surface area contributed by atoms with E-state index in [9.17, 15) is 0 Å². The molecular formula is C20H26N4O2S2. The SMILES string of the molecule is COc1ccc(CCNC(=S)NNC(=S)Nc2ccc(C)c(C)c2)cc1OC. The molecule has 150 valence electrons. The molecule has 0 saturated carbocycles. The number of hydrazine groups is 1. The van der Waals surface area contributed by atoms with Crippen molar-refractivity contribution >= 4 is 40.3 Å². The van der Waals surface area contributed by atoms with Crippen LogP contribution in [0.5, 0.6) is 11.5 Å². The summed E-state index contributed by atoms with van der Waals surface area (Å²) in [5.41, 5.74) is 10.2. The summed E-state index contributed by atoms with van der Waals surface area (Å²) < 4.78 is 10.6. The zero-order valence-corrected chi connectivity index (χ0v) is 18.1. The zero-order valence-electron chi connectivity index (χ0n) is 16.5. The van der Waals surface area contributed by atoms with Gasteiger partial charge >= 0.3 is 0 Å². The summed E-state index contributed by atoms with van der Waals surface area (Å²) >= 11 is 10.5. The predicted molar refractivity (Wildman–Crippen MR) is 122 cm³/mol. The van der Waals surface area contributed by atoms with Crippen molar-refractivity contribution < 1.29 is 9.47 Å². The Morgan fingerprint density at radius 1 is 0.857 bits per heavy atom. The highest BCUT2D eigenvalue weighted by Gasteiger charge is 2.05. The molecule has 0 fully saturated rings. The first-order valence-electron chi connectivity index (χ1n) is 8.82. The topological polar surface area (TPSA) is 66.6 Å². The monoisotopic (exact) mass is 418 g/mol. The molecule has 0 radical (unpaired) electrons. The van der Waals surface area contributed by atoms with Crippen molar-refractivity contribution in [1.29, 1.82) is 0 Å². The van der Waals surface area contributed by atoms with Crippen LogP contribution in [0.15, 0.2) is 36.4 Å². The first-order valence-corrected chi connectivity index (χ1v) is 9.63. The van der Waals surface area contributed by atoms with Crippen molar-refractivity contribution in [2.24, 2.45) is 0 Å². The summed E-state index contributed by atoms with van der Waals surface area (Å²) in [5.74, 6) is 1.43. The van der Waals surface area contributed by atoms with Gasteiger partial charge in [0.05, 0.1) is 14.2 Å². The van der Waals surface area contributed by atoms with E-state index in [-0.39, 0.29) is 0 Å². The van der Waals surface area contributed by atoms with Crippen LogP contribution in [0, 0.1) is 13.8 Å². The average Bonchev–Trinajstić information content (AvgIpc) is 2.69. The van der Waals surface area contributed by atoms with E-state index < -0.39 is 0 Å². The van der Waals surface area contributed by atoms with E-state index in [1.807, 2.05) is 36.4 Å². The van der Waals surface area contributed by atoms with E-state index in [0.717, 1.165) is 17.7 Å². The number of nitrogens with one attached hydrogen (secondary N) is 4. The number of hydrogen-bond donors (Lipinski definition) is 4. The van der Waals surface area contributed by atoms with Gasteiger partial charge in [-0.15, -0.1) is 0 Å². The summed E-state index contributed by atoms with van der Waals surface area (Å²) in [6.07, 6.45) is 0.785. The van der Waals surface area contributed by atoms with E-state index in [4.69, 9.17) is 33.9 Å². The van der Waals surface area contributed by atoms with Gasteiger partial charge in [-0.1, -0.05) is 12.1 Å². The second-order valence-electron chi connectivity index (χ2n) is 6.20. The molecule has 0 spiro atoms. The number of benzene rings is 2. The van der Waals surface area contributed by atoms with Crippen LogP contribution in [0.2, 0.25) is 0 Å². The lowest BCUT2D eigenvalue weighted by molar-refractivity contribution is 0.354. The van der Waals surface area contributed by atoms with Crippen molar-refractivity contribution in [3.05, 3.63) is 53.1 Å². The molecule has 6 nitrogen and oxygen atoms in total. The number of methoxy groups -OCH3 is 2. The molecule has 0 heterocycles. The molecule has 0 saturated heterocycles. The molecule has 2 aromatic carbocycles. The lowest BCUT2D eigenvalue weighted by atomic mass is 10.1. The van der Waals surface area contributed by atoms with Gasteiger partial charge < -0.3 is 20.1 Å². The van der Waals surface area contributed by atoms with E-state index in [1.165, 1.54) is 11.1 Å². The van der Waals surface area contributed by atoms with Gasteiger partial charge in [-0.2, -0.15) is 0 Å². The van der Waals surface area contributed by atoms with Crippen LogP contribution >= 0.6 is 24.4 Å². The average molecular weight is 419 g/mol. The van der Waals surface area contributed by atoms with E-state index in [0.29, 0.717) is 28.3 Å². The third-order valence-electron chi connectivity index (χ3n) is 4.20. The maximum Gasteiger partial charge on any atom is 0.189 e. The fourth-order valence-electron chi connectivity index (χ4n) is 2.50. The lowest BCUT2D eigenvalue weighted by Crippen LogP contribution is -2.48. The quantitative estimate of drug-likeness (QED) is 0.421. The molecule has 4 N–H and O–H groups in total. The second-order valence-corrected chi connectivity index (χ2v) is 7.01. The highest BCUT2D eigenvalue weighted by molar-refractivity contribution is 7.80. The fraction of sp³-hybridized carbons (Fsp3) is 0.300. The summed E-state index contributed by atoms with van der Waals surface area (Å²) in [6, 6.07) is 11.9. The second kappa shape index (κ2) is 10.7. The summed E-state index contributed by atoms with van der Waals surface area (Å²) in [5, 5.41) is 7.15. The minimum Gasteiger partial charge on any atom is -0.493 e. The Bertz CT molecular complexity index is 843. The van der Waals surface area contributed by atoms with Crippen LogP contribution in [0.4, 0.5) is 5.69 Å². The molecule has 2 rings (SSSR count). The van der Waals surface area contributed by atoms with Gasteiger partial charge in [0, 0.05) is 12.2 Å². The number of thiocarbonyl (C=S) groups is 2. The molecule has 0 amide bonds. The number of hydrogen-bond acceptors (Lipinski definition) is 4. The summed E-state index contributed by atoms with van der Waals surface area (Å²) in [4.78, 5) is 0. The van der Waals surface area contributed by atoms with Crippen LogP contribution in [0.1, 0.15) is 16.7 Å². The highest BCUT2D eigenvalue weighted by Crippen LogP contribution is 2.27. The van der Waals surface area contributed by atoms with Gasteiger partial charge in [0.1, 0.15) is 0 Å². The number of rotatable bonds is 6. The van der Waals surface area contributed by atoms with Gasteiger partial charge in [-0.05, 0) is 85.7 Å². The maximum atomic E-state index is 5.32. The van der Waals surface area contributed by atoms with Crippen LogP contribution in [-0.4, -0.2) is 31.0 Å². The zero-order chi connectivity index (χ0) is 20.5. The van der Waals surface area contributed by atoms with Crippen molar-refractivity contribution in [3.63, 3.8) is 0 Å². The van der Waals surface area contributed by atoms with Gasteiger partial charge in [0.2, 0.25) is 0 Å². The number of anilines is 1. The predicted octanol–water partition coefficient (Wildman–Crippen LogP) is 3.23. The Labute approximate surface area is 177 Å². The van der Waals surface area contributed by atoms with Crippen LogP contribution in [-0.2, 0) is 6.42 Å². The largest absolute Gasteiger partial charge is 0.493 e. The van der Waals surface area contributed by atoms with Crippen molar-refractivity contribution in [1.82, 2.24) is 16.2 Å². The van der Waals surface area contributed by atoms with Gasteiger partial charge in [0.15, 0.2) is 21.7 Å². The van der Waals surface area contributed by atoms with Gasteiger partial charge in [-0.25, -0.2) is 0 Å². The fourth-order valence-corrected chi connectivity index (χ4v) is 2.82. The Hall–Kier alpha value is -2.58. The Morgan fingerprint density at radius 2 is 1.57 bits per heavy atom. The molecule has 0 aliphatic carbocycles. The third kappa shape index (κ3) is 6.54. The van der Waals surface area contributed by atoms with E-state index >= 15 is 0 Å². The van der Waals surface area contributed by atoms with Crippen molar-refractivity contribution in [3.8, 4) is 11.5 Å². The van der Waals surface area contributed by atoms with Crippen molar-refractivity contribution in [2.45, 2.75) is 20.3 Å². The maximum absolute atomic E-state index is 5.32. The molecular weight excluding hydrogens is 392 g/mol. The standard InChI is InChI=1S/C20H26N4O2S2/c1-13-5-7-16(11-14(13)2)22-20(28)24-23-19(27)21-10-9-15-6-8-17(25-3)18(12-15)26-4/h5-8,11-12H,9-10H2,1-4H3,(H2,21,23,27)(H2,22,24,28). The van der Waals surface area contributed by atoms with Crippen LogP contribution in [0.25, 0.3) is 0 Å². The molecule has 0 aliphatic heterocycles. The third-order valence-corrected chi connectivity index (χ3v) is 4.65. The van der Waals surface area contributed by atoms with E-state index in [2.05, 4.69) is 35.3 Å². The number of ether oxygens (including phenoxy) is 2. The minimum absolute atomic E-state index is 0.437.